The summed E-state index contributed by atoms with van der Waals surface area (Å²) in [6.45, 7) is 6.85. The number of benzene rings is 3. The first-order chi connectivity index (χ1) is 15.2. The highest BCUT2D eigenvalue weighted by molar-refractivity contribution is 5.94. The lowest BCUT2D eigenvalue weighted by atomic mass is 9.99. The third kappa shape index (κ3) is 6.05. The third-order valence-electron chi connectivity index (χ3n) is 6.07. The Balaban J connectivity index is 1.47. The van der Waals surface area contributed by atoms with Crippen LogP contribution in [0.1, 0.15) is 46.8 Å². The monoisotopic (exact) mass is 412 g/mol. The standard InChI is InChI=1S/C28H32N2O/c1-23-9-8-18-29(19-23)20-26-14-16-27(17-15-26)28(31)30(21-24-10-4-2-5-11-24)22-25-12-6-3-7-13-25/h2-7,10-17,23H,8-9,18-22H2,1H3/t23-/m1/s1. The molecule has 31 heavy (non-hydrogen) atoms. The summed E-state index contributed by atoms with van der Waals surface area (Å²) >= 11 is 0. The highest BCUT2D eigenvalue weighted by atomic mass is 16.2. The SMILES string of the molecule is C[C@@H]1CCCN(Cc2ccc(C(=O)N(Cc3ccccc3)Cc3ccccc3)cc2)C1. The van der Waals surface area contributed by atoms with Crippen LogP contribution in [0.25, 0.3) is 0 Å². The van der Waals surface area contributed by atoms with Crippen molar-refractivity contribution in [2.24, 2.45) is 5.92 Å². The molecule has 3 nitrogen and oxygen atoms in total. The number of carbonyl (C=O) groups excluding carboxylic acids is 1. The minimum atomic E-state index is 0.0749. The minimum Gasteiger partial charge on any atom is -0.330 e. The molecule has 1 aliphatic heterocycles. The van der Waals surface area contributed by atoms with Gasteiger partial charge in [-0.25, -0.2) is 0 Å². The zero-order chi connectivity index (χ0) is 21.5. The van der Waals surface area contributed by atoms with Crippen LogP contribution in [0.4, 0.5) is 0 Å². The second-order valence-electron chi connectivity index (χ2n) is 8.81. The van der Waals surface area contributed by atoms with Gasteiger partial charge in [-0.3, -0.25) is 9.69 Å². The van der Waals surface area contributed by atoms with E-state index < -0.39 is 0 Å². The van der Waals surface area contributed by atoms with Gasteiger partial charge in [0.15, 0.2) is 0 Å². The number of amides is 1. The van der Waals surface area contributed by atoms with Crippen molar-refractivity contribution in [2.45, 2.75) is 39.4 Å². The molecule has 1 aliphatic rings. The second-order valence-corrected chi connectivity index (χ2v) is 8.81. The molecule has 0 bridgehead atoms. The number of hydrogen-bond acceptors (Lipinski definition) is 2. The molecule has 4 rings (SSSR count). The van der Waals surface area contributed by atoms with Crippen molar-refractivity contribution >= 4 is 5.91 Å². The molecule has 3 aromatic rings. The van der Waals surface area contributed by atoms with Gasteiger partial charge in [-0.05, 0) is 54.1 Å². The number of hydrogen-bond donors (Lipinski definition) is 0. The van der Waals surface area contributed by atoms with E-state index in [1.807, 2.05) is 53.4 Å². The van der Waals surface area contributed by atoms with Gasteiger partial charge in [0.2, 0.25) is 0 Å². The fraction of sp³-hybridized carbons (Fsp3) is 0.321. The van der Waals surface area contributed by atoms with Crippen molar-refractivity contribution < 1.29 is 4.79 Å². The Kier molecular flexibility index (Phi) is 7.16. The van der Waals surface area contributed by atoms with Crippen molar-refractivity contribution in [1.82, 2.24) is 9.80 Å². The van der Waals surface area contributed by atoms with Gasteiger partial charge in [0.05, 0.1) is 0 Å². The molecular weight excluding hydrogens is 380 g/mol. The van der Waals surface area contributed by atoms with Crippen molar-refractivity contribution in [3.8, 4) is 0 Å². The third-order valence-corrected chi connectivity index (χ3v) is 6.07. The summed E-state index contributed by atoms with van der Waals surface area (Å²) in [5.41, 5.74) is 4.32. The Hall–Kier alpha value is -2.91. The Morgan fingerprint density at radius 3 is 1.97 bits per heavy atom. The topological polar surface area (TPSA) is 23.6 Å². The predicted octanol–water partition coefficient (Wildman–Crippen LogP) is 5.76. The summed E-state index contributed by atoms with van der Waals surface area (Å²) in [7, 11) is 0. The maximum Gasteiger partial charge on any atom is 0.254 e. The smallest absolute Gasteiger partial charge is 0.254 e. The van der Waals surface area contributed by atoms with E-state index in [0.29, 0.717) is 13.1 Å². The van der Waals surface area contributed by atoms with E-state index >= 15 is 0 Å². The molecule has 0 radical (unpaired) electrons. The number of likely N-dealkylation sites (tertiary alicyclic amines) is 1. The van der Waals surface area contributed by atoms with E-state index in [1.54, 1.807) is 0 Å². The van der Waals surface area contributed by atoms with Crippen molar-refractivity contribution in [1.29, 1.82) is 0 Å². The fourth-order valence-electron chi connectivity index (χ4n) is 4.43. The molecule has 3 aromatic carbocycles. The average molecular weight is 413 g/mol. The fourth-order valence-corrected chi connectivity index (χ4v) is 4.43. The van der Waals surface area contributed by atoms with E-state index in [4.69, 9.17) is 0 Å². The quantitative estimate of drug-likeness (QED) is 0.492. The Morgan fingerprint density at radius 1 is 0.839 bits per heavy atom. The zero-order valence-corrected chi connectivity index (χ0v) is 18.4. The van der Waals surface area contributed by atoms with Gasteiger partial charge in [0.1, 0.15) is 0 Å². The molecule has 0 N–H and O–H groups in total. The first kappa shape index (κ1) is 21.3. The second kappa shape index (κ2) is 10.4. The van der Waals surface area contributed by atoms with Gasteiger partial charge in [-0.1, -0.05) is 79.7 Å². The van der Waals surface area contributed by atoms with E-state index in [9.17, 15) is 4.79 Å². The van der Waals surface area contributed by atoms with Crippen LogP contribution < -0.4 is 0 Å². The maximum atomic E-state index is 13.4. The van der Waals surface area contributed by atoms with Gasteiger partial charge in [-0.2, -0.15) is 0 Å². The van der Waals surface area contributed by atoms with Crippen molar-refractivity contribution in [3.63, 3.8) is 0 Å². The van der Waals surface area contributed by atoms with Gasteiger partial charge in [0, 0.05) is 31.7 Å². The number of piperidine rings is 1. The van der Waals surface area contributed by atoms with Crippen LogP contribution >= 0.6 is 0 Å². The average Bonchev–Trinajstić information content (AvgIpc) is 2.80. The minimum absolute atomic E-state index is 0.0749. The summed E-state index contributed by atoms with van der Waals surface area (Å²) in [4.78, 5) is 17.9. The van der Waals surface area contributed by atoms with Gasteiger partial charge >= 0.3 is 0 Å². The van der Waals surface area contributed by atoms with Crippen molar-refractivity contribution in [2.75, 3.05) is 13.1 Å². The molecule has 0 aromatic heterocycles. The molecule has 3 heteroatoms. The Labute approximate surface area is 186 Å². The lowest BCUT2D eigenvalue weighted by Crippen LogP contribution is -2.33. The molecular formula is C28H32N2O. The molecule has 0 spiro atoms. The predicted molar refractivity (Wildman–Crippen MR) is 127 cm³/mol. The van der Waals surface area contributed by atoms with Gasteiger partial charge in [0.25, 0.3) is 5.91 Å². The molecule has 0 unspecified atom stereocenters. The molecule has 1 saturated heterocycles. The lowest BCUT2D eigenvalue weighted by Gasteiger charge is -2.30. The summed E-state index contributed by atoms with van der Waals surface area (Å²) in [6.07, 6.45) is 2.62. The molecule has 0 aliphatic carbocycles. The van der Waals surface area contributed by atoms with E-state index in [0.717, 1.165) is 29.2 Å². The van der Waals surface area contributed by atoms with Gasteiger partial charge in [-0.15, -0.1) is 0 Å². The zero-order valence-electron chi connectivity index (χ0n) is 18.4. The molecule has 1 heterocycles. The lowest BCUT2D eigenvalue weighted by molar-refractivity contribution is 0.0730. The number of carbonyl (C=O) groups is 1. The molecule has 1 atom stereocenters. The highest BCUT2D eigenvalue weighted by Gasteiger charge is 2.18. The summed E-state index contributed by atoms with van der Waals surface area (Å²) in [5, 5.41) is 0. The van der Waals surface area contributed by atoms with Crippen LogP contribution in [-0.4, -0.2) is 28.8 Å². The Bertz CT molecular complexity index is 912. The highest BCUT2D eigenvalue weighted by Crippen LogP contribution is 2.19. The van der Waals surface area contributed by atoms with E-state index in [1.165, 1.54) is 31.5 Å². The van der Waals surface area contributed by atoms with Crippen LogP contribution in [0.5, 0.6) is 0 Å². The largest absolute Gasteiger partial charge is 0.330 e. The molecule has 1 amide bonds. The van der Waals surface area contributed by atoms with Crippen LogP contribution in [0.3, 0.4) is 0 Å². The normalized spacial score (nSPS) is 16.7. The van der Waals surface area contributed by atoms with Crippen molar-refractivity contribution in [3.05, 3.63) is 107 Å². The van der Waals surface area contributed by atoms with Crippen LogP contribution in [0, 0.1) is 5.92 Å². The first-order valence-electron chi connectivity index (χ1n) is 11.4. The summed E-state index contributed by atoms with van der Waals surface area (Å²) < 4.78 is 0. The Morgan fingerprint density at radius 2 is 1.42 bits per heavy atom. The van der Waals surface area contributed by atoms with Crippen LogP contribution in [0.15, 0.2) is 84.9 Å². The molecule has 1 fully saturated rings. The molecule has 160 valence electrons. The van der Waals surface area contributed by atoms with E-state index in [2.05, 4.69) is 48.2 Å². The van der Waals surface area contributed by atoms with E-state index in [-0.39, 0.29) is 5.91 Å². The summed E-state index contributed by atoms with van der Waals surface area (Å²) in [6, 6.07) is 28.7. The van der Waals surface area contributed by atoms with Crippen LogP contribution in [-0.2, 0) is 19.6 Å². The van der Waals surface area contributed by atoms with Gasteiger partial charge < -0.3 is 4.90 Å². The molecule has 0 saturated carbocycles. The number of nitrogens with zero attached hydrogens (tertiary/aromatic N) is 2. The number of rotatable bonds is 7. The first-order valence-corrected chi connectivity index (χ1v) is 11.4. The maximum absolute atomic E-state index is 13.4. The van der Waals surface area contributed by atoms with Crippen LogP contribution in [0.2, 0.25) is 0 Å². The summed E-state index contributed by atoms with van der Waals surface area (Å²) in [5.74, 6) is 0.852.